The molecule has 0 aliphatic heterocycles. The van der Waals surface area contributed by atoms with Gasteiger partial charge in [-0.1, -0.05) is 15.9 Å². The molecule has 0 aliphatic carbocycles. The minimum Gasteiger partial charge on any atom is -0.508 e. The Morgan fingerprint density at radius 2 is 2.17 bits per heavy atom. The normalized spacial score (nSPS) is 9.75. The lowest BCUT2D eigenvalue weighted by atomic mass is 10.2. The number of aromatic hydroxyl groups is 1. The molecule has 0 amide bonds. The van der Waals surface area contributed by atoms with Gasteiger partial charge in [0.1, 0.15) is 5.75 Å². The Labute approximate surface area is 77.1 Å². The van der Waals surface area contributed by atoms with E-state index in [2.05, 4.69) is 15.9 Å². The molecule has 1 aromatic carbocycles. The summed E-state index contributed by atoms with van der Waals surface area (Å²) >= 11 is 3.14. The van der Waals surface area contributed by atoms with Gasteiger partial charge in [0, 0.05) is 11.4 Å². The molecular weight excluding hydrogens is 226 g/mol. The van der Waals surface area contributed by atoms with Gasteiger partial charge in [-0.2, -0.15) is 0 Å². The highest BCUT2D eigenvalue weighted by atomic mass is 79.9. The third kappa shape index (κ3) is 1.94. The summed E-state index contributed by atoms with van der Waals surface area (Å²) in [4.78, 5) is 9.76. The number of alkyl halides is 1. The molecule has 0 fully saturated rings. The van der Waals surface area contributed by atoms with Gasteiger partial charge in [-0.15, -0.1) is 0 Å². The molecule has 0 aromatic heterocycles. The highest BCUT2D eigenvalue weighted by molar-refractivity contribution is 9.08. The van der Waals surface area contributed by atoms with Gasteiger partial charge < -0.3 is 5.11 Å². The Morgan fingerprint density at radius 1 is 1.50 bits per heavy atom. The first-order chi connectivity index (χ1) is 5.63. The summed E-state index contributed by atoms with van der Waals surface area (Å²) < 4.78 is 0. The van der Waals surface area contributed by atoms with Gasteiger partial charge in [-0.25, -0.2) is 0 Å². The lowest BCUT2D eigenvalue weighted by molar-refractivity contribution is -0.385. The summed E-state index contributed by atoms with van der Waals surface area (Å²) in [6.07, 6.45) is 0. The zero-order chi connectivity index (χ0) is 9.14. The maximum absolute atomic E-state index is 10.3. The number of halogens is 1. The Hall–Kier alpha value is -1.10. The first-order valence-electron chi connectivity index (χ1n) is 3.17. The number of nitro benzene ring substituents is 1. The van der Waals surface area contributed by atoms with Crippen LogP contribution in [0.1, 0.15) is 5.56 Å². The van der Waals surface area contributed by atoms with E-state index in [4.69, 9.17) is 5.11 Å². The van der Waals surface area contributed by atoms with E-state index in [0.29, 0.717) is 10.9 Å². The molecule has 0 bridgehead atoms. The third-order valence-corrected chi connectivity index (χ3v) is 1.97. The number of hydrogen-bond acceptors (Lipinski definition) is 3. The zero-order valence-electron chi connectivity index (χ0n) is 6.03. The van der Waals surface area contributed by atoms with E-state index >= 15 is 0 Å². The fourth-order valence-electron chi connectivity index (χ4n) is 0.839. The minimum atomic E-state index is -0.536. The molecule has 0 aliphatic rings. The highest BCUT2D eigenvalue weighted by Gasteiger charge is 2.07. The van der Waals surface area contributed by atoms with Crippen LogP contribution in [0.25, 0.3) is 0 Å². The molecule has 5 heteroatoms. The smallest absolute Gasteiger partial charge is 0.273 e. The Bertz CT molecular complexity index is 314. The fraction of sp³-hybridized carbons (Fsp3) is 0.143. The van der Waals surface area contributed by atoms with Crippen molar-refractivity contribution in [1.29, 1.82) is 0 Å². The molecule has 1 N–H and O–H groups in total. The molecular formula is C7H6BrNO3. The van der Waals surface area contributed by atoms with Crippen LogP contribution in [-0.2, 0) is 5.33 Å². The largest absolute Gasteiger partial charge is 0.508 e. The molecule has 0 spiro atoms. The molecule has 0 atom stereocenters. The molecule has 0 unspecified atom stereocenters. The van der Waals surface area contributed by atoms with Crippen LogP contribution in [0.3, 0.4) is 0 Å². The van der Waals surface area contributed by atoms with Crippen LogP contribution in [0, 0.1) is 10.1 Å². The summed E-state index contributed by atoms with van der Waals surface area (Å²) in [5.41, 5.74) is 0.589. The average Bonchev–Trinajstić information content (AvgIpc) is 2.03. The maximum Gasteiger partial charge on any atom is 0.273 e. The Balaban J connectivity index is 3.15. The molecule has 4 nitrogen and oxygen atoms in total. The molecule has 1 rings (SSSR count). The molecule has 0 radical (unpaired) electrons. The lowest BCUT2D eigenvalue weighted by Crippen LogP contribution is -1.88. The molecule has 0 heterocycles. The average molecular weight is 232 g/mol. The second-order valence-electron chi connectivity index (χ2n) is 2.25. The number of nitro groups is 1. The number of hydrogen-bond donors (Lipinski definition) is 1. The quantitative estimate of drug-likeness (QED) is 0.482. The standard InChI is InChI=1S/C7H6BrNO3/c8-4-5-1-6(9(11)12)3-7(10)2-5/h1-3,10H,4H2. The van der Waals surface area contributed by atoms with E-state index in [-0.39, 0.29) is 11.4 Å². The van der Waals surface area contributed by atoms with Crippen LogP contribution >= 0.6 is 15.9 Å². The Kier molecular flexibility index (Phi) is 2.65. The number of non-ortho nitro benzene ring substituents is 1. The number of nitrogens with zero attached hydrogens (tertiary/aromatic N) is 1. The molecule has 0 saturated heterocycles. The van der Waals surface area contributed by atoms with Crippen molar-refractivity contribution >= 4 is 21.6 Å². The van der Waals surface area contributed by atoms with Crippen molar-refractivity contribution in [3.05, 3.63) is 33.9 Å². The second-order valence-corrected chi connectivity index (χ2v) is 2.81. The van der Waals surface area contributed by atoms with E-state index in [1.54, 1.807) is 0 Å². The van der Waals surface area contributed by atoms with Crippen LogP contribution < -0.4 is 0 Å². The van der Waals surface area contributed by atoms with Crippen LogP contribution in [0.2, 0.25) is 0 Å². The first-order valence-corrected chi connectivity index (χ1v) is 4.29. The summed E-state index contributed by atoms with van der Waals surface area (Å²) in [6.45, 7) is 0. The van der Waals surface area contributed by atoms with Crippen molar-refractivity contribution in [2.45, 2.75) is 5.33 Å². The van der Waals surface area contributed by atoms with Crippen LogP contribution in [0.5, 0.6) is 5.75 Å². The second kappa shape index (κ2) is 3.53. The molecule has 64 valence electrons. The van der Waals surface area contributed by atoms with Crippen molar-refractivity contribution in [1.82, 2.24) is 0 Å². The van der Waals surface area contributed by atoms with Gasteiger partial charge in [0.05, 0.1) is 11.0 Å². The van der Waals surface area contributed by atoms with E-state index in [1.165, 1.54) is 12.1 Å². The monoisotopic (exact) mass is 231 g/mol. The third-order valence-electron chi connectivity index (χ3n) is 1.33. The van der Waals surface area contributed by atoms with E-state index in [0.717, 1.165) is 6.07 Å². The van der Waals surface area contributed by atoms with Crippen molar-refractivity contribution in [3.63, 3.8) is 0 Å². The van der Waals surface area contributed by atoms with Crippen molar-refractivity contribution in [3.8, 4) is 5.75 Å². The summed E-state index contributed by atoms with van der Waals surface area (Å²) in [6, 6.07) is 4.00. The van der Waals surface area contributed by atoms with E-state index < -0.39 is 4.92 Å². The van der Waals surface area contributed by atoms with Gasteiger partial charge in [0.25, 0.3) is 5.69 Å². The van der Waals surface area contributed by atoms with Gasteiger partial charge in [0.15, 0.2) is 0 Å². The lowest BCUT2D eigenvalue weighted by Gasteiger charge is -1.97. The number of phenolic OH excluding ortho intramolecular Hbond substituents is 1. The predicted molar refractivity (Wildman–Crippen MR) is 47.4 cm³/mol. The fourth-order valence-corrected chi connectivity index (χ4v) is 1.16. The topological polar surface area (TPSA) is 63.4 Å². The van der Waals surface area contributed by atoms with Crippen LogP contribution in [0.4, 0.5) is 5.69 Å². The van der Waals surface area contributed by atoms with Crippen LogP contribution in [-0.4, -0.2) is 10.0 Å². The zero-order valence-corrected chi connectivity index (χ0v) is 7.61. The van der Waals surface area contributed by atoms with E-state index in [1.807, 2.05) is 0 Å². The van der Waals surface area contributed by atoms with Crippen molar-refractivity contribution in [2.24, 2.45) is 0 Å². The van der Waals surface area contributed by atoms with Gasteiger partial charge in [0.2, 0.25) is 0 Å². The van der Waals surface area contributed by atoms with Gasteiger partial charge in [-0.3, -0.25) is 10.1 Å². The SMILES string of the molecule is O=[N+]([O-])c1cc(O)cc(CBr)c1. The number of phenols is 1. The first kappa shape index (κ1) is 8.99. The maximum atomic E-state index is 10.3. The predicted octanol–water partition coefficient (Wildman–Crippen LogP) is 2.20. The summed E-state index contributed by atoms with van der Waals surface area (Å²) in [5.74, 6) is -0.0846. The molecule has 0 saturated carbocycles. The molecule has 12 heavy (non-hydrogen) atoms. The minimum absolute atomic E-state index is 0.0846. The summed E-state index contributed by atoms with van der Waals surface area (Å²) in [7, 11) is 0. The number of benzene rings is 1. The van der Waals surface area contributed by atoms with Gasteiger partial charge in [-0.05, 0) is 11.6 Å². The molecule has 1 aromatic rings. The van der Waals surface area contributed by atoms with E-state index in [9.17, 15) is 10.1 Å². The summed E-state index contributed by atoms with van der Waals surface area (Å²) in [5, 5.41) is 19.8. The van der Waals surface area contributed by atoms with Crippen molar-refractivity contribution in [2.75, 3.05) is 0 Å². The van der Waals surface area contributed by atoms with Crippen LogP contribution in [0.15, 0.2) is 18.2 Å². The van der Waals surface area contributed by atoms with Gasteiger partial charge >= 0.3 is 0 Å². The highest BCUT2D eigenvalue weighted by Crippen LogP contribution is 2.22. The Morgan fingerprint density at radius 3 is 2.67 bits per heavy atom. The number of rotatable bonds is 2. The van der Waals surface area contributed by atoms with Crippen molar-refractivity contribution < 1.29 is 10.0 Å².